The Morgan fingerprint density at radius 1 is 1.56 bits per heavy atom. The number of hydrogen-bond acceptors (Lipinski definition) is 5. The Labute approximate surface area is 106 Å². The number of ether oxygens (including phenoxy) is 2. The van der Waals surface area contributed by atoms with Gasteiger partial charge >= 0.3 is 12.1 Å². The Hall–Kier alpha value is -1.56. The molecular formula is C12H19NO5. The molecule has 0 radical (unpaired) electrons. The molecule has 1 aliphatic rings. The van der Waals surface area contributed by atoms with E-state index in [2.05, 4.69) is 11.3 Å². The first kappa shape index (κ1) is 14.5. The molecular weight excluding hydrogens is 238 g/mol. The summed E-state index contributed by atoms with van der Waals surface area (Å²) < 4.78 is 9.54. The summed E-state index contributed by atoms with van der Waals surface area (Å²) in [6.07, 6.45) is 0.487. The minimum absolute atomic E-state index is 0.102. The minimum Gasteiger partial charge on any atom is -0.469 e. The summed E-state index contributed by atoms with van der Waals surface area (Å²) >= 11 is 0. The minimum atomic E-state index is -0.795. The summed E-state index contributed by atoms with van der Waals surface area (Å²) in [5.74, 6) is -1.24. The van der Waals surface area contributed by atoms with E-state index >= 15 is 0 Å². The second kappa shape index (κ2) is 6.39. The van der Waals surface area contributed by atoms with Crippen LogP contribution in [0.1, 0.15) is 13.3 Å². The molecule has 2 unspecified atom stereocenters. The zero-order valence-electron chi connectivity index (χ0n) is 10.7. The first-order chi connectivity index (χ1) is 8.51. The van der Waals surface area contributed by atoms with E-state index in [1.165, 1.54) is 18.1 Å². The lowest BCUT2D eigenvalue weighted by Crippen LogP contribution is -2.53. The molecule has 0 aromatic rings. The second-order valence-electron chi connectivity index (χ2n) is 4.30. The highest BCUT2D eigenvalue weighted by molar-refractivity contribution is 5.75. The molecule has 3 atom stereocenters. The Balaban J connectivity index is 2.70. The Kier molecular flexibility index (Phi) is 5.15. The normalized spacial score (nSPS) is 27.5. The van der Waals surface area contributed by atoms with E-state index in [-0.39, 0.29) is 19.2 Å². The van der Waals surface area contributed by atoms with E-state index in [0.717, 1.165) is 0 Å². The maximum atomic E-state index is 11.8. The fourth-order valence-corrected chi connectivity index (χ4v) is 2.01. The number of methoxy groups -OCH3 is 1. The Morgan fingerprint density at radius 3 is 2.78 bits per heavy atom. The number of aliphatic hydroxyl groups is 1. The molecule has 1 rings (SSSR count). The fraction of sp³-hybridized carbons (Fsp3) is 0.667. The lowest BCUT2D eigenvalue weighted by atomic mass is 9.91. The molecule has 1 amide bonds. The van der Waals surface area contributed by atoms with Gasteiger partial charge in [0.1, 0.15) is 12.5 Å². The van der Waals surface area contributed by atoms with Gasteiger partial charge in [0.25, 0.3) is 0 Å². The van der Waals surface area contributed by atoms with Crippen molar-refractivity contribution in [1.29, 1.82) is 0 Å². The van der Waals surface area contributed by atoms with Crippen LogP contribution in [0.15, 0.2) is 12.7 Å². The Morgan fingerprint density at radius 2 is 2.22 bits per heavy atom. The van der Waals surface area contributed by atoms with Crippen molar-refractivity contribution in [3.05, 3.63) is 12.7 Å². The quantitative estimate of drug-likeness (QED) is 0.590. The van der Waals surface area contributed by atoms with Crippen LogP contribution in [-0.2, 0) is 14.3 Å². The van der Waals surface area contributed by atoms with E-state index in [9.17, 15) is 14.7 Å². The van der Waals surface area contributed by atoms with Crippen LogP contribution in [0, 0.1) is 5.92 Å². The van der Waals surface area contributed by atoms with Crippen molar-refractivity contribution in [3.63, 3.8) is 0 Å². The van der Waals surface area contributed by atoms with Gasteiger partial charge in [-0.3, -0.25) is 4.79 Å². The molecule has 1 N–H and O–H groups in total. The average Bonchev–Trinajstić information content (AvgIpc) is 2.35. The van der Waals surface area contributed by atoms with Gasteiger partial charge in [-0.25, -0.2) is 4.79 Å². The highest BCUT2D eigenvalue weighted by Crippen LogP contribution is 2.24. The van der Waals surface area contributed by atoms with Crippen LogP contribution in [0.4, 0.5) is 4.79 Å². The van der Waals surface area contributed by atoms with Gasteiger partial charge in [0.2, 0.25) is 0 Å². The van der Waals surface area contributed by atoms with Crippen LogP contribution < -0.4 is 0 Å². The third kappa shape index (κ3) is 3.22. The van der Waals surface area contributed by atoms with Crippen LogP contribution >= 0.6 is 0 Å². The van der Waals surface area contributed by atoms with E-state index in [0.29, 0.717) is 6.42 Å². The molecule has 0 saturated carbocycles. The molecule has 1 aliphatic heterocycles. The fourth-order valence-electron chi connectivity index (χ4n) is 2.01. The van der Waals surface area contributed by atoms with Gasteiger partial charge in [0.05, 0.1) is 13.2 Å². The predicted molar refractivity (Wildman–Crippen MR) is 63.8 cm³/mol. The summed E-state index contributed by atoms with van der Waals surface area (Å²) in [5.41, 5.74) is 0. The lowest BCUT2D eigenvalue weighted by Gasteiger charge is -2.38. The van der Waals surface area contributed by atoms with E-state index in [4.69, 9.17) is 4.74 Å². The largest absolute Gasteiger partial charge is 0.469 e. The van der Waals surface area contributed by atoms with Crippen LogP contribution in [0.25, 0.3) is 0 Å². The molecule has 0 aromatic carbocycles. The first-order valence-corrected chi connectivity index (χ1v) is 5.81. The third-order valence-electron chi connectivity index (χ3n) is 3.04. The standard InChI is InChI=1S/C12H19NO5/c1-4-5-18-12(16)13-7-9(11(15)17-3)10(14)6-8(13)2/h4,8-10,14H,1,5-7H2,2-3H3/t8-,9?,10?/m0/s1. The third-order valence-corrected chi connectivity index (χ3v) is 3.04. The molecule has 18 heavy (non-hydrogen) atoms. The number of esters is 1. The van der Waals surface area contributed by atoms with Crippen molar-refractivity contribution in [2.24, 2.45) is 5.92 Å². The molecule has 1 heterocycles. The highest BCUT2D eigenvalue weighted by atomic mass is 16.6. The topological polar surface area (TPSA) is 76.1 Å². The number of likely N-dealkylation sites (tertiary alicyclic amines) is 1. The van der Waals surface area contributed by atoms with Gasteiger partial charge in [0.15, 0.2) is 0 Å². The smallest absolute Gasteiger partial charge is 0.410 e. The van der Waals surface area contributed by atoms with Crippen LogP contribution in [0.5, 0.6) is 0 Å². The molecule has 0 aromatic heterocycles. The summed E-state index contributed by atoms with van der Waals surface area (Å²) in [4.78, 5) is 24.7. The van der Waals surface area contributed by atoms with E-state index in [1.54, 1.807) is 6.92 Å². The molecule has 0 bridgehead atoms. The highest BCUT2D eigenvalue weighted by Gasteiger charge is 2.39. The maximum absolute atomic E-state index is 11.8. The first-order valence-electron chi connectivity index (χ1n) is 5.81. The number of aliphatic hydroxyl groups excluding tert-OH is 1. The van der Waals surface area contributed by atoms with Crippen molar-refractivity contribution in [2.45, 2.75) is 25.5 Å². The van der Waals surface area contributed by atoms with Gasteiger partial charge < -0.3 is 19.5 Å². The zero-order valence-corrected chi connectivity index (χ0v) is 10.7. The molecule has 1 fully saturated rings. The van der Waals surface area contributed by atoms with Crippen LogP contribution in [0.2, 0.25) is 0 Å². The maximum Gasteiger partial charge on any atom is 0.410 e. The van der Waals surface area contributed by atoms with Gasteiger partial charge in [-0.15, -0.1) is 0 Å². The van der Waals surface area contributed by atoms with Gasteiger partial charge in [-0.2, -0.15) is 0 Å². The number of nitrogens with zero attached hydrogens (tertiary/aromatic N) is 1. The molecule has 6 nitrogen and oxygen atoms in total. The summed E-state index contributed by atoms with van der Waals surface area (Å²) in [7, 11) is 1.26. The van der Waals surface area contributed by atoms with Crippen LogP contribution in [-0.4, -0.2) is 54.5 Å². The monoisotopic (exact) mass is 257 g/mol. The van der Waals surface area contributed by atoms with Crippen molar-refractivity contribution >= 4 is 12.1 Å². The average molecular weight is 257 g/mol. The lowest BCUT2D eigenvalue weighted by molar-refractivity contribution is -0.153. The molecule has 0 aliphatic carbocycles. The van der Waals surface area contributed by atoms with Crippen molar-refractivity contribution in [3.8, 4) is 0 Å². The molecule has 0 spiro atoms. The van der Waals surface area contributed by atoms with Crippen molar-refractivity contribution < 1.29 is 24.2 Å². The number of piperidine rings is 1. The predicted octanol–water partition coefficient (Wildman–Crippen LogP) is 0.553. The van der Waals surface area contributed by atoms with Crippen molar-refractivity contribution in [1.82, 2.24) is 4.90 Å². The number of carbonyl (C=O) groups excluding carboxylic acids is 2. The molecule has 102 valence electrons. The molecule has 6 heteroatoms. The summed E-state index contributed by atoms with van der Waals surface area (Å²) in [5, 5.41) is 9.82. The van der Waals surface area contributed by atoms with E-state index < -0.39 is 24.1 Å². The Bertz CT molecular complexity index is 330. The number of hydrogen-bond donors (Lipinski definition) is 1. The summed E-state index contributed by atoms with van der Waals surface area (Å²) in [6.45, 7) is 5.47. The second-order valence-corrected chi connectivity index (χ2v) is 4.30. The van der Waals surface area contributed by atoms with Gasteiger partial charge in [-0.1, -0.05) is 12.7 Å². The summed E-state index contributed by atoms with van der Waals surface area (Å²) in [6, 6.07) is -0.182. The van der Waals surface area contributed by atoms with Crippen molar-refractivity contribution in [2.75, 3.05) is 20.3 Å². The van der Waals surface area contributed by atoms with Gasteiger partial charge in [-0.05, 0) is 13.3 Å². The van der Waals surface area contributed by atoms with Crippen LogP contribution in [0.3, 0.4) is 0 Å². The number of amides is 1. The SMILES string of the molecule is C=CCOC(=O)N1CC(C(=O)OC)C(O)C[C@@H]1C. The van der Waals surface area contributed by atoms with Gasteiger partial charge in [0, 0.05) is 12.6 Å². The van der Waals surface area contributed by atoms with E-state index in [1.807, 2.05) is 0 Å². The number of rotatable bonds is 3. The zero-order chi connectivity index (χ0) is 13.7. The molecule has 1 saturated heterocycles. The number of carbonyl (C=O) groups is 2.